The summed E-state index contributed by atoms with van der Waals surface area (Å²) in [5, 5.41) is 0. The highest BCUT2D eigenvalue weighted by atomic mass is 31.2. The number of alkyl halides is 7. The van der Waals surface area contributed by atoms with Crippen LogP contribution < -0.4 is 0 Å². The van der Waals surface area contributed by atoms with Crippen LogP contribution in [0.4, 0.5) is 30.7 Å². The van der Waals surface area contributed by atoms with Gasteiger partial charge in [0.1, 0.15) is 5.60 Å². The Hall–Kier alpha value is -0.380. The Morgan fingerprint density at radius 2 is 1.35 bits per heavy atom. The van der Waals surface area contributed by atoms with Crippen molar-refractivity contribution in [1.29, 1.82) is 0 Å². The number of halogens is 7. The van der Waals surface area contributed by atoms with E-state index in [2.05, 4.69) is 4.52 Å². The Balaban J connectivity index is 6.21. The lowest BCUT2D eigenvalue weighted by molar-refractivity contribution is -0.387. The molecule has 23 heavy (non-hydrogen) atoms. The van der Waals surface area contributed by atoms with E-state index in [4.69, 9.17) is 9.79 Å². The number of phosphoric acid groups is 1. The molecule has 0 aliphatic rings. The van der Waals surface area contributed by atoms with E-state index in [1.165, 1.54) is 13.8 Å². The highest BCUT2D eigenvalue weighted by molar-refractivity contribution is 7.46. The fraction of sp³-hybridized carbons (Fsp3) is 1.00. The summed E-state index contributed by atoms with van der Waals surface area (Å²) in [6.07, 6.45) is -9.29. The lowest BCUT2D eigenvalue weighted by Crippen LogP contribution is -2.64. The number of unbranched alkanes of at least 4 members (excludes halogenated alkanes) is 1. The second-order valence-corrected chi connectivity index (χ2v) is 6.24. The van der Waals surface area contributed by atoms with E-state index in [9.17, 15) is 35.3 Å². The molecule has 0 radical (unpaired) electrons. The summed E-state index contributed by atoms with van der Waals surface area (Å²) in [4.78, 5) is 17.5. The van der Waals surface area contributed by atoms with E-state index in [1.54, 1.807) is 0 Å². The van der Waals surface area contributed by atoms with Crippen molar-refractivity contribution in [3.05, 3.63) is 0 Å². The zero-order chi connectivity index (χ0) is 18.7. The fourth-order valence-corrected chi connectivity index (χ4v) is 2.90. The zero-order valence-corrected chi connectivity index (χ0v) is 13.2. The summed E-state index contributed by atoms with van der Waals surface area (Å²) in [5.41, 5.74) is -3.64. The fourth-order valence-electron chi connectivity index (χ4n) is 2.15. The van der Waals surface area contributed by atoms with Gasteiger partial charge in [-0.05, 0) is 12.8 Å². The topological polar surface area (TPSA) is 66.8 Å². The predicted octanol–water partition coefficient (Wildman–Crippen LogP) is 4.66. The minimum absolute atomic E-state index is 0.115. The van der Waals surface area contributed by atoms with Crippen molar-refractivity contribution >= 4 is 7.82 Å². The normalized spacial score (nSPS) is 17.2. The van der Waals surface area contributed by atoms with Crippen molar-refractivity contribution in [3.8, 4) is 0 Å². The van der Waals surface area contributed by atoms with Crippen LogP contribution in [0.1, 0.15) is 46.0 Å². The van der Waals surface area contributed by atoms with Crippen LogP contribution in [-0.2, 0) is 9.09 Å². The first-order chi connectivity index (χ1) is 10.1. The molecule has 140 valence electrons. The van der Waals surface area contributed by atoms with E-state index in [0.29, 0.717) is 0 Å². The molecule has 0 bridgehead atoms. The lowest BCUT2D eigenvalue weighted by atomic mass is 9.82. The second-order valence-electron chi connectivity index (χ2n) is 5.08. The maximum Gasteiger partial charge on any atom is 0.470 e. The Kier molecular flexibility index (Phi) is 7.13. The molecule has 0 rings (SSSR count). The highest BCUT2D eigenvalue weighted by Crippen LogP contribution is 2.59. The molecule has 12 heteroatoms. The molecule has 1 atom stereocenters. The van der Waals surface area contributed by atoms with Gasteiger partial charge in [0.05, 0.1) is 0 Å². The SMILES string of the molecule is CCCCC(CCC)(OP(=O)(O)O)C(F)(F)C(F)(F)C(F)(F)F. The molecule has 0 amide bonds. The van der Waals surface area contributed by atoms with Gasteiger partial charge in [0.15, 0.2) is 0 Å². The maximum absolute atomic E-state index is 14.1. The number of hydrogen-bond acceptors (Lipinski definition) is 2. The van der Waals surface area contributed by atoms with E-state index < -0.39 is 44.3 Å². The third-order valence-corrected chi connectivity index (χ3v) is 3.79. The van der Waals surface area contributed by atoms with Gasteiger partial charge in [-0.1, -0.05) is 33.1 Å². The molecular formula is C11H18F7O4P. The first kappa shape index (κ1) is 22.6. The Labute approximate surface area is 128 Å². The summed E-state index contributed by atoms with van der Waals surface area (Å²) in [6.45, 7) is 2.62. The van der Waals surface area contributed by atoms with Crippen LogP contribution in [0.3, 0.4) is 0 Å². The highest BCUT2D eigenvalue weighted by Gasteiger charge is 2.80. The van der Waals surface area contributed by atoms with Crippen LogP contribution in [0.2, 0.25) is 0 Å². The zero-order valence-electron chi connectivity index (χ0n) is 12.3. The van der Waals surface area contributed by atoms with Crippen LogP contribution in [0.25, 0.3) is 0 Å². The molecule has 0 aromatic rings. The van der Waals surface area contributed by atoms with Crippen molar-refractivity contribution in [3.63, 3.8) is 0 Å². The quantitative estimate of drug-likeness (QED) is 0.453. The molecular weight excluding hydrogens is 360 g/mol. The predicted molar refractivity (Wildman–Crippen MR) is 66.2 cm³/mol. The molecule has 0 saturated carbocycles. The van der Waals surface area contributed by atoms with Gasteiger partial charge < -0.3 is 9.79 Å². The van der Waals surface area contributed by atoms with Crippen molar-refractivity contribution in [2.75, 3.05) is 0 Å². The van der Waals surface area contributed by atoms with E-state index >= 15 is 0 Å². The van der Waals surface area contributed by atoms with Gasteiger partial charge in [-0.15, -0.1) is 0 Å². The third-order valence-electron chi connectivity index (χ3n) is 3.20. The van der Waals surface area contributed by atoms with E-state index in [0.717, 1.165) is 0 Å². The molecule has 0 aliphatic carbocycles. The largest absolute Gasteiger partial charge is 0.470 e. The second kappa shape index (κ2) is 7.25. The molecule has 0 fully saturated rings. The van der Waals surface area contributed by atoms with Crippen LogP contribution in [0.15, 0.2) is 0 Å². The summed E-state index contributed by atoms with van der Waals surface area (Å²) < 4.78 is 107. The molecule has 0 heterocycles. The van der Waals surface area contributed by atoms with Crippen molar-refractivity contribution in [2.24, 2.45) is 0 Å². The van der Waals surface area contributed by atoms with Crippen LogP contribution in [0.5, 0.6) is 0 Å². The van der Waals surface area contributed by atoms with Gasteiger partial charge in [-0.25, -0.2) is 4.57 Å². The average Bonchev–Trinajstić information content (AvgIpc) is 2.32. The standard InChI is InChI=1S/C11H18F7O4P/c1-3-5-7-8(6-4-2,22-23(19,20)21)9(12,13)10(14,15)11(16,17)18/h3-7H2,1-2H3,(H2,19,20,21). The average molecular weight is 378 g/mol. The monoisotopic (exact) mass is 378 g/mol. The van der Waals surface area contributed by atoms with Crippen LogP contribution in [-0.4, -0.2) is 33.4 Å². The van der Waals surface area contributed by atoms with Gasteiger partial charge in [0, 0.05) is 0 Å². The molecule has 0 spiro atoms. The molecule has 4 nitrogen and oxygen atoms in total. The van der Waals surface area contributed by atoms with Gasteiger partial charge >= 0.3 is 25.8 Å². The molecule has 0 saturated heterocycles. The summed E-state index contributed by atoms with van der Waals surface area (Å²) >= 11 is 0. The van der Waals surface area contributed by atoms with Gasteiger partial charge in [0.2, 0.25) is 0 Å². The van der Waals surface area contributed by atoms with E-state index in [1.807, 2.05) is 0 Å². The molecule has 0 aliphatic heterocycles. The molecule has 2 N–H and O–H groups in total. The van der Waals surface area contributed by atoms with Gasteiger partial charge in [-0.2, -0.15) is 30.7 Å². The van der Waals surface area contributed by atoms with E-state index in [-0.39, 0.29) is 19.3 Å². The first-order valence-corrected chi connectivity index (χ1v) is 8.19. The number of phosphoric ester groups is 1. The first-order valence-electron chi connectivity index (χ1n) is 6.66. The van der Waals surface area contributed by atoms with Gasteiger partial charge in [0.25, 0.3) is 0 Å². The van der Waals surface area contributed by atoms with Crippen molar-refractivity contribution in [2.45, 2.75) is 69.6 Å². The smallest absolute Gasteiger partial charge is 0.303 e. The summed E-state index contributed by atoms with van der Waals surface area (Å²) in [7, 11) is -5.76. The van der Waals surface area contributed by atoms with Crippen LogP contribution in [0, 0.1) is 0 Å². The minimum atomic E-state index is -6.61. The van der Waals surface area contributed by atoms with Gasteiger partial charge in [-0.3, -0.25) is 4.52 Å². The maximum atomic E-state index is 14.1. The Morgan fingerprint density at radius 1 is 0.870 bits per heavy atom. The molecule has 0 aromatic heterocycles. The number of rotatable bonds is 9. The minimum Gasteiger partial charge on any atom is -0.303 e. The molecule has 1 unspecified atom stereocenters. The summed E-state index contributed by atoms with van der Waals surface area (Å²) in [6, 6.07) is 0. The third kappa shape index (κ3) is 4.80. The molecule has 0 aromatic carbocycles. The number of hydrogen-bond donors (Lipinski definition) is 2. The van der Waals surface area contributed by atoms with Crippen molar-refractivity contribution < 1.29 is 49.6 Å². The lowest BCUT2D eigenvalue weighted by Gasteiger charge is -2.43. The summed E-state index contributed by atoms with van der Waals surface area (Å²) in [5.74, 6) is -12.4. The Bertz CT molecular complexity index is 435. The Morgan fingerprint density at radius 3 is 1.65 bits per heavy atom. The van der Waals surface area contributed by atoms with Crippen LogP contribution >= 0.6 is 7.82 Å². The van der Waals surface area contributed by atoms with Crippen molar-refractivity contribution in [1.82, 2.24) is 0 Å².